The summed E-state index contributed by atoms with van der Waals surface area (Å²) in [5, 5.41) is 13.7. The van der Waals surface area contributed by atoms with E-state index in [0.717, 1.165) is 43.4 Å². The molecule has 1 fully saturated rings. The molecule has 102 valence electrons. The summed E-state index contributed by atoms with van der Waals surface area (Å²) in [6.07, 6.45) is 10.0. The molecule has 6 heteroatoms. The summed E-state index contributed by atoms with van der Waals surface area (Å²) in [5.41, 5.74) is 2.26. The second-order valence-corrected chi connectivity index (χ2v) is 5.59. The molecular weight excluding hydrogens is 256 g/mol. The van der Waals surface area contributed by atoms with Gasteiger partial charge in [0.05, 0.1) is 11.9 Å². The lowest BCUT2D eigenvalue weighted by molar-refractivity contribution is 0.0688. The van der Waals surface area contributed by atoms with Crippen molar-refractivity contribution in [3.63, 3.8) is 0 Å². The molecule has 6 nitrogen and oxygen atoms in total. The predicted molar refractivity (Wildman–Crippen MR) is 70.0 cm³/mol. The monoisotopic (exact) mass is 270 g/mol. The van der Waals surface area contributed by atoms with Gasteiger partial charge in [0.2, 0.25) is 0 Å². The van der Waals surface area contributed by atoms with Crippen molar-refractivity contribution in [1.82, 2.24) is 19.7 Å². The number of rotatable bonds is 2. The molecule has 1 N–H and O–H groups in total. The summed E-state index contributed by atoms with van der Waals surface area (Å²) < 4.78 is 1.71. The number of fused-ring (bicyclic) bond motifs is 2. The molecule has 0 aromatic carbocycles. The van der Waals surface area contributed by atoms with Gasteiger partial charge in [-0.1, -0.05) is 0 Å². The first-order valence-corrected chi connectivity index (χ1v) is 6.83. The third kappa shape index (κ3) is 1.51. The first-order valence-electron chi connectivity index (χ1n) is 6.83. The van der Waals surface area contributed by atoms with Gasteiger partial charge >= 0.3 is 5.97 Å². The minimum atomic E-state index is -0.957. The largest absolute Gasteiger partial charge is 0.476 e. The van der Waals surface area contributed by atoms with E-state index in [0.29, 0.717) is 5.82 Å². The Bertz CT molecular complexity index is 689. The van der Waals surface area contributed by atoms with Crippen LogP contribution in [0.5, 0.6) is 0 Å². The maximum Gasteiger partial charge on any atom is 0.356 e. The molecule has 2 aromatic rings. The highest BCUT2D eigenvalue weighted by molar-refractivity contribution is 5.88. The molecule has 0 amide bonds. The second-order valence-electron chi connectivity index (χ2n) is 5.59. The minimum Gasteiger partial charge on any atom is -0.476 e. The molecule has 4 rings (SSSR count). The van der Waals surface area contributed by atoms with Crippen molar-refractivity contribution in [2.24, 2.45) is 0 Å². The standard InChI is InChI=1S/C14H14N4O2/c19-13(20)11-9-2-1-3-14(4-5-14)12(9)18(17-11)10-8-15-6-7-16-10/h6-8H,1-5H2,(H,19,20). The Kier molecular flexibility index (Phi) is 2.24. The van der Waals surface area contributed by atoms with E-state index in [2.05, 4.69) is 15.1 Å². The summed E-state index contributed by atoms with van der Waals surface area (Å²) in [4.78, 5) is 19.8. The number of hydrogen-bond donors (Lipinski definition) is 1. The molecule has 1 spiro atoms. The zero-order chi connectivity index (χ0) is 13.7. The van der Waals surface area contributed by atoms with Crippen LogP contribution in [0.1, 0.15) is 47.4 Å². The van der Waals surface area contributed by atoms with E-state index in [4.69, 9.17) is 0 Å². The van der Waals surface area contributed by atoms with Crippen LogP contribution in [-0.2, 0) is 11.8 Å². The van der Waals surface area contributed by atoms with Gasteiger partial charge in [-0.3, -0.25) is 4.98 Å². The molecular formula is C14H14N4O2. The van der Waals surface area contributed by atoms with Crippen LogP contribution in [0, 0.1) is 0 Å². The summed E-state index contributed by atoms with van der Waals surface area (Å²) in [5.74, 6) is -0.356. The number of aromatic carboxylic acids is 1. The van der Waals surface area contributed by atoms with Crippen LogP contribution in [0.15, 0.2) is 18.6 Å². The first-order chi connectivity index (χ1) is 9.71. The summed E-state index contributed by atoms with van der Waals surface area (Å²) in [6, 6.07) is 0. The average molecular weight is 270 g/mol. The summed E-state index contributed by atoms with van der Waals surface area (Å²) in [6.45, 7) is 0. The van der Waals surface area contributed by atoms with Crippen LogP contribution in [0.4, 0.5) is 0 Å². The molecule has 20 heavy (non-hydrogen) atoms. The van der Waals surface area contributed by atoms with Crippen molar-refractivity contribution in [3.05, 3.63) is 35.5 Å². The van der Waals surface area contributed by atoms with E-state index in [1.54, 1.807) is 23.3 Å². The molecule has 2 heterocycles. The van der Waals surface area contributed by atoms with Gasteiger partial charge in [0.15, 0.2) is 11.5 Å². The van der Waals surface area contributed by atoms with Gasteiger partial charge in [0.25, 0.3) is 0 Å². The fraction of sp³-hybridized carbons (Fsp3) is 0.429. The highest BCUT2D eigenvalue weighted by Crippen LogP contribution is 2.56. The van der Waals surface area contributed by atoms with E-state index < -0.39 is 5.97 Å². The number of aromatic nitrogens is 4. The Morgan fingerprint density at radius 1 is 1.30 bits per heavy atom. The molecule has 0 bridgehead atoms. The summed E-state index contributed by atoms with van der Waals surface area (Å²) >= 11 is 0. The molecule has 0 unspecified atom stereocenters. The topological polar surface area (TPSA) is 80.9 Å². The van der Waals surface area contributed by atoms with Crippen LogP contribution in [0.2, 0.25) is 0 Å². The van der Waals surface area contributed by atoms with E-state index in [-0.39, 0.29) is 11.1 Å². The third-order valence-electron chi connectivity index (χ3n) is 4.39. The number of hydrogen-bond acceptors (Lipinski definition) is 4. The number of carboxylic acid groups (broad SMARTS) is 1. The van der Waals surface area contributed by atoms with Crippen molar-refractivity contribution < 1.29 is 9.90 Å². The first kappa shape index (κ1) is 11.6. The smallest absolute Gasteiger partial charge is 0.356 e. The SMILES string of the molecule is O=C(O)c1nn(-c2cnccn2)c2c1CCCC21CC1. The van der Waals surface area contributed by atoms with Gasteiger partial charge in [0, 0.05) is 23.4 Å². The predicted octanol–water partition coefficient (Wildman–Crippen LogP) is 1.73. The lowest BCUT2D eigenvalue weighted by Crippen LogP contribution is -2.20. The lowest BCUT2D eigenvalue weighted by Gasteiger charge is -2.23. The molecule has 0 radical (unpaired) electrons. The quantitative estimate of drug-likeness (QED) is 0.898. The van der Waals surface area contributed by atoms with E-state index >= 15 is 0 Å². The van der Waals surface area contributed by atoms with Crippen molar-refractivity contribution in [1.29, 1.82) is 0 Å². The van der Waals surface area contributed by atoms with Crippen molar-refractivity contribution in [3.8, 4) is 5.82 Å². The van der Waals surface area contributed by atoms with Crippen molar-refractivity contribution in [2.45, 2.75) is 37.5 Å². The number of carbonyl (C=O) groups is 1. The Hall–Kier alpha value is -2.24. The van der Waals surface area contributed by atoms with Crippen molar-refractivity contribution >= 4 is 5.97 Å². The second kappa shape index (κ2) is 3.88. The Morgan fingerprint density at radius 2 is 2.15 bits per heavy atom. The summed E-state index contributed by atoms with van der Waals surface area (Å²) in [7, 11) is 0. The van der Waals surface area contributed by atoms with Crippen LogP contribution < -0.4 is 0 Å². The van der Waals surface area contributed by atoms with Crippen LogP contribution >= 0.6 is 0 Å². The fourth-order valence-corrected chi connectivity index (χ4v) is 3.33. The van der Waals surface area contributed by atoms with Crippen molar-refractivity contribution in [2.75, 3.05) is 0 Å². The zero-order valence-corrected chi connectivity index (χ0v) is 10.9. The maximum atomic E-state index is 11.4. The lowest BCUT2D eigenvalue weighted by atomic mass is 9.84. The van der Waals surface area contributed by atoms with E-state index in [1.165, 1.54) is 0 Å². The van der Waals surface area contributed by atoms with Gasteiger partial charge in [-0.2, -0.15) is 5.10 Å². The Balaban J connectivity index is 1.98. The average Bonchev–Trinajstić information content (AvgIpc) is 3.10. The minimum absolute atomic E-state index is 0.131. The van der Waals surface area contributed by atoms with Gasteiger partial charge in [-0.15, -0.1) is 0 Å². The third-order valence-corrected chi connectivity index (χ3v) is 4.39. The van der Waals surface area contributed by atoms with Crippen LogP contribution in [-0.4, -0.2) is 30.8 Å². The molecule has 2 aromatic heterocycles. The molecule has 0 saturated heterocycles. The molecule has 1 saturated carbocycles. The highest BCUT2D eigenvalue weighted by Gasteiger charge is 2.51. The van der Waals surface area contributed by atoms with Gasteiger partial charge in [-0.25, -0.2) is 14.5 Å². The van der Waals surface area contributed by atoms with Gasteiger partial charge < -0.3 is 5.11 Å². The van der Waals surface area contributed by atoms with Gasteiger partial charge in [0.1, 0.15) is 0 Å². The Labute approximate surface area is 115 Å². The van der Waals surface area contributed by atoms with Crippen LogP contribution in [0.3, 0.4) is 0 Å². The van der Waals surface area contributed by atoms with Gasteiger partial charge in [-0.05, 0) is 32.1 Å². The fourth-order valence-electron chi connectivity index (χ4n) is 3.33. The van der Waals surface area contributed by atoms with Crippen LogP contribution in [0.25, 0.3) is 5.82 Å². The van der Waals surface area contributed by atoms with E-state index in [9.17, 15) is 9.90 Å². The van der Waals surface area contributed by atoms with E-state index in [1.807, 2.05) is 0 Å². The normalized spacial score (nSPS) is 18.8. The Morgan fingerprint density at radius 3 is 2.80 bits per heavy atom. The zero-order valence-electron chi connectivity index (χ0n) is 10.9. The molecule has 0 atom stereocenters. The number of nitrogens with zero attached hydrogens (tertiary/aromatic N) is 4. The molecule has 2 aliphatic carbocycles. The highest BCUT2D eigenvalue weighted by atomic mass is 16.4. The number of carboxylic acids is 1. The maximum absolute atomic E-state index is 11.4. The molecule has 0 aliphatic heterocycles. The molecule has 2 aliphatic rings.